The van der Waals surface area contributed by atoms with Crippen molar-refractivity contribution in [3.8, 4) is 0 Å². The summed E-state index contributed by atoms with van der Waals surface area (Å²) < 4.78 is 10.00. The van der Waals surface area contributed by atoms with E-state index in [2.05, 4.69) is 20.7 Å². The largest absolute Gasteiger partial charge is 0.453 e. The third kappa shape index (κ3) is 7.34. The summed E-state index contributed by atoms with van der Waals surface area (Å²) in [5.74, 6) is 0.668. The summed E-state index contributed by atoms with van der Waals surface area (Å²) in [5.41, 5.74) is 0. The predicted molar refractivity (Wildman–Crippen MR) is 74.3 cm³/mol. The molecular formula is C13H27N3O3. The fourth-order valence-electron chi connectivity index (χ4n) is 2.30. The van der Waals surface area contributed by atoms with E-state index in [9.17, 15) is 4.79 Å². The summed E-state index contributed by atoms with van der Waals surface area (Å²) >= 11 is 0. The molecule has 0 aromatic rings. The number of likely N-dealkylation sites (N-methyl/N-ethyl adjacent to an activating group) is 1. The first kappa shape index (κ1) is 16.2. The molecule has 1 rings (SSSR count). The van der Waals surface area contributed by atoms with Crippen LogP contribution in [0.3, 0.4) is 0 Å². The number of rotatable bonds is 8. The average Bonchev–Trinajstić information content (AvgIpc) is 2.46. The first-order chi connectivity index (χ1) is 9.26. The normalized spacial score (nSPS) is 20.8. The summed E-state index contributed by atoms with van der Waals surface area (Å²) in [5, 5.41) is 9.30. The van der Waals surface area contributed by atoms with Gasteiger partial charge >= 0.3 is 6.09 Å². The zero-order valence-corrected chi connectivity index (χ0v) is 12.0. The molecule has 0 saturated carbocycles. The molecule has 6 nitrogen and oxygen atoms in total. The Morgan fingerprint density at radius 2 is 2.32 bits per heavy atom. The van der Waals surface area contributed by atoms with Crippen molar-refractivity contribution in [1.29, 1.82) is 0 Å². The lowest BCUT2D eigenvalue weighted by Gasteiger charge is -2.26. The Balaban J connectivity index is 2.05. The van der Waals surface area contributed by atoms with Crippen LogP contribution in [0.15, 0.2) is 0 Å². The average molecular weight is 273 g/mol. The van der Waals surface area contributed by atoms with Crippen LogP contribution in [0.1, 0.15) is 19.3 Å². The maximum absolute atomic E-state index is 10.8. The van der Waals surface area contributed by atoms with Crippen molar-refractivity contribution in [2.75, 3.05) is 47.0 Å². The first-order valence-corrected chi connectivity index (χ1v) is 7.03. The van der Waals surface area contributed by atoms with Gasteiger partial charge in [0.2, 0.25) is 0 Å². The molecule has 0 spiro atoms. The number of ether oxygens (including phenoxy) is 2. The number of nitrogens with one attached hydrogen (secondary N) is 3. The lowest BCUT2D eigenvalue weighted by molar-refractivity contribution is 0.0479. The lowest BCUT2D eigenvalue weighted by atomic mass is 9.94. The third-order valence-electron chi connectivity index (χ3n) is 3.43. The Morgan fingerprint density at radius 3 is 2.95 bits per heavy atom. The highest BCUT2D eigenvalue weighted by atomic mass is 16.5. The van der Waals surface area contributed by atoms with Gasteiger partial charge in [-0.3, -0.25) is 0 Å². The van der Waals surface area contributed by atoms with Crippen molar-refractivity contribution in [2.45, 2.75) is 25.3 Å². The van der Waals surface area contributed by atoms with Crippen molar-refractivity contribution in [3.05, 3.63) is 0 Å². The summed E-state index contributed by atoms with van der Waals surface area (Å²) in [7, 11) is 3.36. The van der Waals surface area contributed by atoms with E-state index < -0.39 is 0 Å². The summed E-state index contributed by atoms with van der Waals surface area (Å²) in [4.78, 5) is 10.8. The molecule has 112 valence electrons. The van der Waals surface area contributed by atoms with E-state index in [0.717, 1.165) is 32.7 Å². The fraction of sp³-hybridized carbons (Fsp3) is 0.923. The topological polar surface area (TPSA) is 71.6 Å². The molecule has 1 aliphatic rings. The van der Waals surface area contributed by atoms with Gasteiger partial charge < -0.3 is 25.4 Å². The zero-order valence-electron chi connectivity index (χ0n) is 12.0. The molecule has 3 N–H and O–H groups in total. The molecular weight excluding hydrogens is 246 g/mol. The molecule has 2 atom stereocenters. The summed E-state index contributed by atoms with van der Waals surface area (Å²) in [6, 6.07) is 0.449. The van der Waals surface area contributed by atoms with Gasteiger partial charge in [-0.25, -0.2) is 4.79 Å². The van der Waals surface area contributed by atoms with Crippen LogP contribution < -0.4 is 16.0 Å². The Kier molecular flexibility index (Phi) is 8.53. The van der Waals surface area contributed by atoms with E-state index in [1.165, 1.54) is 20.0 Å². The minimum atomic E-state index is -0.383. The molecule has 1 aliphatic heterocycles. The van der Waals surface area contributed by atoms with Crippen molar-refractivity contribution >= 4 is 6.09 Å². The van der Waals surface area contributed by atoms with Crippen LogP contribution >= 0.6 is 0 Å². The van der Waals surface area contributed by atoms with Gasteiger partial charge in [-0.15, -0.1) is 0 Å². The molecule has 6 heteroatoms. The smallest absolute Gasteiger partial charge is 0.406 e. The minimum absolute atomic E-state index is 0.383. The SMILES string of the molecule is CNC(CNCCNC(=O)OC)CC1CCCOC1. The van der Waals surface area contributed by atoms with E-state index in [1.807, 2.05) is 7.05 Å². The van der Waals surface area contributed by atoms with Crippen LogP contribution in [-0.2, 0) is 9.47 Å². The number of amides is 1. The molecule has 19 heavy (non-hydrogen) atoms. The van der Waals surface area contributed by atoms with E-state index in [4.69, 9.17) is 4.74 Å². The van der Waals surface area contributed by atoms with E-state index in [0.29, 0.717) is 18.5 Å². The van der Waals surface area contributed by atoms with Crippen molar-refractivity contribution in [3.63, 3.8) is 0 Å². The molecule has 1 fully saturated rings. The zero-order chi connectivity index (χ0) is 13.9. The Bertz CT molecular complexity index is 245. The van der Waals surface area contributed by atoms with Gasteiger partial charge in [0.05, 0.1) is 7.11 Å². The Morgan fingerprint density at radius 1 is 1.47 bits per heavy atom. The molecule has 0 bridgehead atoms. The number of carbonyl (C=O) groups is 1. The summed E-state index contributed by atoms with van der Waals surface area (Å²) in [6.07, 6.45) is 3.19. The number of hydrogen-bond donors (Lipinski definition) is 3. The summed E-state index contributed by atoms with van der Waals surface area (Å²) in [6.45, 7) is 4.03. The number of carbonyl (C=O) groups excluding carboxylic acids is 1. The highest BCUT2D eigenvalue weighted by molar-refractivity contribution is 5.66. The Labute approximate surface area is 115 Å². The van der Waals surface area contributed by atoms with Crippen LogP contribution in [0.2, 0.25) is 0 Å². The maximum atomic E-state index is 10.8. The standard InChI is InChI=1S/C13H27N3O3/c1-14-12(8-11-4-3-7-19-10-11)9-15-5-6-16-13(17)18-2/h11-12,14-15H,3-10H2,1-2H3,(H,16,17). The second kappa shape index (κ2) is 10.00. The van der Waals surface area contributed by atoms with Crippen LogP contribution in [0.5, 0.6) is 0 Å². The maximum Gasteiger partial charge on any atom is 0.406 e. The predicted octanol–water partition coefficient (Wildman–Crippen LogP) is 0.337. The number of alkyl carbamates (subject to hydrolysis) is 1. The molecule has 0 radical (unpaired) electrons. The highest BCUT2D eigenvalue weighted by Gasteiger charge is 2.18. The van der Waals surface area contributed by atoms with Gasteiger partial charge in [0, 0.05) is 38.9 Å². The van der Waals surface area contributed by atoms with Crippen LogP contribution in [0.4, 0.5) is 4.79 Å². The third-order valence-corrected chi connectivity index (χ3v) is 3.43. The quantitative estimate of drug-likeness (QED) is 0.556. The van der Waals surface area contributed by atoms with Gasteiger partial charge in [-0.1, -0.05) is 0 Å². The van der Waals surface area contributed by atoms with Gasteiger partial charge in [-0.05, 0) is 32.2 Å². The van der Waals surface area contributed by atoms with Crippen molar-refractivity contribution < 1.29 is 14.3 Å². The molecule has 0 aromatic carbocycles. The number of methoxy groups -OCH3 is 1. The second-order valence-electron chi connectivity index (χ2n) is 4.93. The van der Waals surface area contributed by atoms with Gasteiger partial charge in [0.15, 0.2) is 0 Å². The monoisotopic (exact) mass is 273 g/mol. The van der Waals surface area contributed by atoms with Crippen LogP contribution in [0.25, 0.3) is 0 Å². The van der Waals surface area contributed by atoms with E-state index in [-0.39, 0.29) is 6.09 Å². The minimum Gasteiger partial charge on any atom is -0.453 e. The van der Waals surface area contributed by atoms with Gasteiger partial charge in [0.1, 0.15) is 0 Å². The highest BCUT2D eigenvalue weighted by Crippen LogP contribution is 2.18. The van der Waals surface area contributed by atoms with E-state index in [1.54, 1.807) is 0 Å². The molecule has 1 amide bonds. The Hall–Kier alpha value is -0.850. The number of hydrogen-bond acceptors (Lipinski definition) is 5. The second-order valence-corrected chi connectivity index (χ2v) is 4.93. The lowest BCUT2D eigenvalue weighted by Crippen LogP contribution is -2.41. The van der Waals surface area contributed by atoms with Crippen LogP contribution in [0, 0.1) is 5.92 Å². The molecule has 2 unspecified atom stereocenters. The van der Waals surface area contributed by atoms with Gasteiger partial charge in [0.25, 0.3) is 0 Å². The fourth-order valence-corrected chi connectivity index (χ4v) is 2.30. The van der Waals surface area contributed by atoms with Crippen LogP contribution in [-0.4, -0.2) is 59.1 Å². The first-order valence-electron chi connectivity index (χ1n) is 7.03. The van der Waals surface area contributed by atoms with Gasteiger partial charge in [-0.2, -0.15) is 0 Å². The van der Waals surface area contributed by atoms with Crippen molar-refractivity contribution in [1.82, 2.24) is 16.0 Å². The molecule has 0 aromatic heterocycles. The molecule has 0 aliphatic carbocycles. The molecule has 1 heterocycles. The molecule has 1 saturated heterocycles. The van der Waals surface area contributed by atoms with E-state index >= 15 is 0 Å². The van der Waals surface area contributed by atoms with Crippen molar-refractivity contribution in [2.24, 2.45) is 5.92 Å².